The molecule has 0 N–H and O–H groups in total. The van der Waals surface area contributed by atoms with Crippen molar-refractivity contribution in [3.63, 3.8) is 0 Å². The molecule has 18 heavy (non-hydrogen) atoms. The number of thioether (sulfide) groups is 1. The van der Waals surface area contributed by atoms with Crippen LogP contribution in [0.3, 0.4) is 0 Å². The molecule has 0 bridgehead atoms. The Labute approximate surface area is 111 Å². The number of carbonyl (C=O) groups is 1. The SMILES string of the molecule is CSC1CCN(C(=O)c2cn3c(n2)COCC3)C1. The molecule has 1 atom stereocenters. The molecule has 3 heterocycles. The Bertz CT molecular complexity index is 437. The Balaban J connectivity index is 1.74. The van der Waals surface area contributed by atoms with Gasteiger partial charge in [0.25, 0.3) is 5.91 Å². The Kier molecular flexibility index (Phi) is 3.30. The molecule has 2 aliphatic rings. The maximum atomic E-state index is 12.3. The summed E-state index contributed by atoms with van der Waals surface area (Å²) in [5, 5.41) is 0.578. The molecule has 98 valence electrons. The van der Waals surface area contributed by atoms with Crippen LogP contribution in [0.4, 0.5) is 0 Å². The van der Waals surface area contributed by atoms with Gasteiger partial charge in [-0.05, 0) is 12.7 Å². The molecule has 1 unspecified atom stereocenters. The minimum absolute atomic E-state index is 0.0634. The minimum Gasteiger partial charge on any atom is -0.372 e. The van der Waals surface area contributed by atoms with Crippen LogP contribution in [0.15, 0.2) is 6.20 Å². The molecular weight excluding hydrogens is 250 g/mol. The van der Waals surface area contributed by atoms with Gasteiger partial charge in [0.2, 0.25) is 0 Å². The molecule has 1 saturated heterocycles. The van der Waals surface area contributed by atoms with Gasteiger partial charge in [0.05, 0.1) is 6.61 Å². The van der Waals surface area contributed by atoms with Crippen molar-refractivity contribution in [2.75, 3.05) is 26.0 Å². The first kappa shape index (κ1) is 12.0. The topological polar surface area (TPSA) is 47.4 Å². The fraction of sp³-hybridized carbons (Fsp3) is 0.667. The lowest BCUT2D eigenvalue weighted by atomic mass is 10.4. The molecule has 1 aromatic rings. The van der Waals surface area contributed by atoms with Gasteiger partial charge < -0.3 is 14.2 Å². The number of rotatable bonds is 2. The minimum atomic E-state index is 0.0634. The van der Waals surface area contributed by atoms with Gasteiger partial charge in [-0.3, -0.25) is 4.79 Å². The number of hydrogen-bond acceptors (Lipinski definition) is 4. The number of likely N-dealkylation sites (tertiary alicyclic amines) is 1. The van der Waals surface area contributed by atoms with Crippen LogP contribution in [-0.2, 0) is 17.9 Å². The molecule has 3 rings (SSSR count). The number of hydrogen-bond donors (Lipinski definition) is 0. The molecule has 2 aliphatic heterocycles. The van der Waals surface area contributed by atoms with E-state index in [9.17, 15) is 4.79 Å². The Morgan fingerprint density at radius 3 is 3.17 bits per heavy atom. The first-order chi connectivity index (χ1) is 8.78. The van der Waals surface area contributed by atoms with Crippen molar-refractivity contribution >= 4 is 17.7 Å². The highest BCUT2D eigenvalue weighted by molar-refractivity contribution is 7.99. The predicted octanol–water partition coefficient (Wildman–Crippen LogP) is 0.991. The zero-order chi connectivity index (χ0) is 12.5. The van der Waals surface area contributed by atoms with E-state index < -0.39 is 0 Å². The number of amides is 1. The summed E-state index contributed by atoms with van der Waals surface area (Å²) in [7, 11) is 0. The third-order valence-corrected chi connectivity index (χ3v) is 4.60. The number of ether oxygens (including phenoxy) is 1. The van der Waals surface area contributed by atoms with E-state index >= 15 is 0 Å². The number of fused-ring (bicyclic) bond motifs is 1. The smallest absolute Gasteiger partial charge is 0.274 e. The second-order valence-electron chi connectivity index (χ2n) is 4.69. The van der Waals surface area contributed by atoms with Crippen molar-refractivity contribution < 1.29 is 9.53 Å². The Morgan fingerprint density at radius 2 is 2.44 bits per heavy atom. The van der Waals surface area contributed by atoms with Gasteiger partial charge >= 0.3 is 0 Å². The van der Waals surface area contributed by atoms with Crippen LogP contribution in [0, 0.1) is 0 Å². The van der Waals surface area contributed by atoms with Gasteiger partial charge in [-0.15, -0.1) is 0 Å². The highest BCUT2D eigenvalue weighted by atomic mass is 32.2. The summed E-state index contributed by atoms with van der Waals surface area (Å²) in [5.74, 6) is 0.929. The lowest BCUT2D eigenvalue weighted by Gasteiger charge is -2.14. The van der Waals surface area contributed by atoms with E-state index in [-0.39, 0.29) is 5.91 Å². The van der Waals surface area contributed by atoms with Crippen molar-refractivity contribution in [3.05, 3.63) is 17.7 Å². The maximum absolute atomic E-state index is 12.3. The van der Waals surface area contributed by atoms with Crippen molar-refractivity contribution in [1.29, 1.82) is 0 Å². The summed E-state index contributed by atoms with van der Waals surface area (Å²) >= 11 is 1.84. The standard InChI is InChI=1S/C12H17N3O2S/c1-18-9-2-3-15(6-9)12(16)10-7-14-4-5-17-8-11(14)13-10/h7,9H,2-6,8H2,1H3. The number of aromatic nitrogens is 2. The second kappa shape index (κ2) is 4.93. The quantitative estimate of drug-likeness (QED) is 0.802. The first-order valence-corrected chi connectivity index (χ1v) is 7.52. The zero-order valence-electron chi connectivity index (χ0n) is 10.5. The van der Waals surface area contributed by atoms with Gasteiger partial charge in [0.15, 0.2) is 0 Å². The monoisotopic (exact) mass is 267 g/mol. The average molecular weight is 267 g/mol. The van der Waals surface area contributed by atoms with E-state index in [0.29, 0.717) is 24.2 Å². The lowest BCUT2D eigenvalue weighted by Crippen LogP contribution is -2.29. The average Bonchev–Trinajstić information content (AvgIpc) is 3.04. The van der Waals surface area contributed by atoms with E-state index in [1.165, 1.54) is 0 Å². The molecular formula is C12H17N3O2S. The molecule has 6 heteroatoms. The molecule has 1 aromatic heterocycles. The van der Waals surface area contributed by atoms with E-state index in [1.54, 1.807) is 0 Å². The van der Waals surface area contributed by atoms with Crippen molar-refractivity contribution in [2.45, 2.75) is 24.8 Å². The fourth-order valence-electron chi connectivity index (χ4n) is 2.46. The molecule has 0 aromatic carbocycles. The van der Waals surface area contributed by atoms with Crippen LogP contribution in [-0.4, -0.2) is 51.6 Å². The summed E-state index contributed by atoms with van der Waals surface area (Å²) in [4.78, 5) is 18.6. The largest absolute Gasteiger partial charge is 0.372 e. The Hall–Kier alpha value is -1.01. The summed E-state index contributed by atoms with van der Waals surface area (Å²) in [6, 6.07) is 0. The van der Waals surface area contributed by atoms with E-state index in [4.69, 9.17) is 4.74 Å². The van der Waals surface area contributed by atoms with Crippen LogP contribution < -0.4 is 0 Å². The number of imidazole rings is 1. The van der Waals surface area contributed by atoms with E-state index in [1.807, 2.05) is 27.4 Å². The van der Waals surface area contributed by atoms with Crippen LogP contribution >= 0.6 is 11.8 Å². The van der Waals surface area contributed by atoms with Crippen LogP contribution in [0.2, 0.25) is 0 Å². The molecule has 1 amide bonds. The molecule has 0 saturated carbocycles. The third kappa shape index (κ3) is 2.14. The highest BCUT2D eigenvalue weighted by Crippen LogP contribution is 2.22. The summed E-state index contributed by atoms with van der Waals surface area (Å²) in [6.45, 7) is 3.71. The van der Waals surface area contributed by atoms with Gasteiger partial charge in [0, 0.05) is 31.1 Å². The molecule has 1 fully saturated rings. The summed E-state index contributed by atoms with van der Waals surface area (Å²) in [5.41, 5.74) is 0.567. The highest BCUT2D eigenvalue weighted by Gasteiger charge is 2.28. The lowest BCUT2D eigenvalue weighted by molar-refractivity contribution is 0.0785. The van der Waals surface area contributed by atoms with Gasteiger partial charge in [-0.25, -0.2) is 4.98 Å². The predicted molar refractivity (Wildman–Crippen MR) is 69.7 cm³/mol. The van der Waals surface area contributed by atoms with E-state index in [0.717, 1.165) is 31.9 Å². The van der Waals surface area contributed by atoms with Gasteiger partial charge in [0.1, 0.15) is 18.1 Å². The molecule has 0 radical (unpaired) electrons. The summed E-state index contributed by atoms with van der Waals surface area (Å²) < 4.78 is 7.36. The normalized spacial score (nSPS) is 23.2. The maximum Gasteiger partial charge on any atom is 0.274 e. The number of carbonyl (C=O) groups excluding carboxylic acids is 1. The second-order valence-corrected chi connectivity index (χ2v) is 5.82. The third-order valence-electron chi connectivity index (χ3n) is 3.55. The van der Waals surface area contributed by atoms with Crippen molar-refractivity contribution in [3.8, 4) is 0 Å². The molecule has 5 nitrogen and oxygen atoms in total. The van der Waals surface area contributed by atoms with Crippen LogP contribution in [0.25, 0.3) is 0 Å². The van der Waals surface area contributed by atoms with E-state index in [2.05, 4.69) is 11.2 Å². The Morgan fingerprint density at radius 1 is 1.56 bits per heavy atom. The molecule has 0 spiro atoms. The molecule has 0 aliphatic carbocycles. The number of nitrogens with zero attached hydrogens (tertiary/aromatic N) is 3. The van der Waals surface area contributed by atoms with Crippen LogP contribution in [0.1, 0.15) is 22.7 Å². The van der Waals surface area contributed by atoms with Crippen molar-refractivity contribution in [1.82, 2.24) is 14.5 Å². The summed E-state index contributed by atoms with van der Waals surface area (Å²) in [6.07, 6.45) is 5.06. The zero-order valence-corrected chi connectivity index (χ0v) is 11.3. The fourth-order valence-corrected chi connectivity index (χ4v) is 3.13. The first-order valence-electron chi connectivity index (χ1n) is 6.24. The van der Waals surface area contributed by atoms with Crippen molar-refractivity contribution in [2.24, 2.45) is 0 Å². The van der Waals surface area contributed by atoms with Gasteiger partial charge in [-0.1, -0.05) is 0 Å². The van der Waals surface area contributed by atoms with Crippen LogP contribution in [0.5, 0.6) is 0 Å². The van der Waals surface area contributed by atoms with Gasteiger partial charge in [-0.2, -0.15) is 11.8 Å².